The Morgan fingerprint density at radius 2 is 1.85 bits per heavy atom. The average Bonchev–Trinajstić information content (AvgIpc) is 3.39. The summed E-state index contributed by atoms with van der Waals surface area (Å²) in [5, 5.41) is 49.1. The van der Waals surface area contributed by atoms with Crippen molar-refractivity contribution in [2.45, 2.75) is 31.7 Å². The summed E-state index contributed by atoms with van der Waals surface area (Å²) in [5.74, 6) is -0.903. The smallest absolute Gasteiger partial charge is 0.404 e. The van der Waals surface area contributed by atoms with Crippen LogP contribution in [0.4, 0.5) is 10.5 Å². The second-order valence-electron chi connectivity index (χ2n) is 9.30. The van der Waals surface area contributed by atoms with Crippen molar-refractivity contribution in [3.63, 3.8) is 0 Å². The third kappa shape index (κ3) is 7.38. The highest BCUT2D eigenvalue weighted by atomic mass is 16.6. The highest BCUT2D eigenvalue weighted by Crippen LogP contribution is 2.43. The predicted octanol–water partition coefficient (Wildman–Crippen LogP) is 3.70. The van der Waals surface area contributed by atoms with Crippen molar-refractivity contribution in [1.82, 2.24) is 20.7 Å². The number of nitrogens with one attached hydrogen (secondary N) is 2. The summed E-state index contributed by atoms with van der Waals surface area (Å²) in [7, 11) is 0. The molecule has 0 saturated carbocycles. The number of aromatic hydroxyl groups is 2. The summed E-state index contributed by atoms with van der Waals surface area (Å²) in [4.78, 5) is 36.0. The number of ether oxygens (including phenoxy) is 1. The van der Waals surface area contributed by atoms with Crippen LogP contribution in [0.3, 0.4) is 0 Å². The van der Waals surface area contributed by atoms with Gasteiger partial charge in [0.1, 0.15) is 28.6 Å². The van der Waals surface area contributed by atoms with E-state index >= 15 is 0 Å². The van der Waals surface area contributed by atoms with Crippen molar-refractivity contribution in [2.24, 2.45) is 0 Å². The lowest BCUT2D eigenvalue weighted by atomic mass is 10.0. The highest BCUT2D eigenvalue weighted by Gasteiger charge is 2.25. The average molecular weight is 556 g/mol. The number of carbonyl (C=O) groups excluding carboxylic acids is 1. The molecule has 2 amide bonds. The lowest BCUT2D eigenvalue weighted by molar-refractivity contribution is -0.384. The molecule has 1 aliphatic rings. The molecular formula is C26H29N5O9. The van der Waals surface area contributed by atoms with Gasteiger partial charge < -0.3 is 40.1 Å². The molecule has 2 heterocycles. The number of rotatable bonds is 11. The summed E-state index contributed by atoms with van der Waals surface area (Å²) < 4.78 is 11.1. The first-order valence-electron chi connectivity index (χ1n) is 12.6. The standard InChI is InChI=1S/C26H29N5O9/c32-18-13-21(33)24(22(14-18)39-19-5-3-17(4-6-19)31(37)38)23-15-20(29-40-23)25(34)28-16-7-11-30(12-8-16)10-2-1-9-27-26(35)36/h3-6,13-16,27,32-33H,1-2,7-12H2,(H,28,34)(H,35,36). The van der Waals surface area contributed by atoms with Gasteiger partial charge in [0.05, 0.1) is 4.92 Å². The third-order valence-corrected chi connectivity index (χ3v) is 6.43. The number of amides is 2. The van der Waals surface area contributed by atoms with Crippen LogP contribution in [0.15, 0.2) is 47.0 Å². The van der Waals surface area contributed by atoms with E-state index in [-0.39, 0.29) is 51.7 Å². The zero-order chi connectivity index (χ0) is 28.6. The Balaban J connectivity index is 1.36. The molecule has 0 bridgehead atoms. The maximum Gasteiger partial charge on any atom is 0.404 e. The third-order valence-electron chi connectivity index (χ3n) is 6.43. The number of piperidine rings is 1. The number of nitro groups is 1. The molecule has 0 atom stereocenters. The van der Waals surface area contributed by atoms with Gasteiger partial charge in [0.15, 0.2) is 11.5 Å². The number of unbranched alkanes of at least 4 members (excludes halogenated alkanes) is 1. The van der Waals surface area contributed by atoms with Crippen molar-refractivity contribution >= 4 is 17.7 Å². The number of carbonyl (C=O) groups is 2. The van der Waals surface area contributed by atoms with Crippen LogP contribution >= 0.6 is 0 Å². The van der Waals surface area contributed by atoms with Crippen molar-refractivity contribution < 1.29 is 39.1 Å². The van der Waals surface area contributed by atoms with Crippen LogP contribution in [-0.4, -0.2) is 74.5 Å². The minimum atomic E-state index is -1.02. The van der Waals surface area contributed by atoms with E-state index < -0.39 is 16.9 Å². The minimum Gasteiger partial charge on any atom is -0.508 e. The van der Waals surface area contributed by atoms with E-state index in [1.165, 1.54) is 36.4 Å². The molecule has 0 spiro atoms. The minimum absolute atomic E-state index is 0.00267. The van der Waals surface area contributed by atoms with Crippen molar-refractivity contribution in [2.75, 3.05) is 26.2 Å². The number of nitrogens with zero attached hydrogens (tertiary/aromatic N) is 3. The van der Waals surface area contributed by atoms with Gasteiger partial charge in [-0.25, -0.2) is 4.79 Å². The highest BCUT2D eigenvalue weighted by molar-refractivity contribution is 5.93. The quantitative estimate of drug-likeness (QED) is 0.131. The van der Waals surface area contributed by atoms with Gasteiger partial charge in [-0.1, -0.05) is 5.16 Å². The van der Waals surface area contributed by atoms with Crippen LogP contribution in [0, 0.1) is 10.1 Å². The summed E-state index contributed by atoms with van der Waals surface area (Å²) >= 11 is 0. The van der Waals surface area contributed by atoms with E-state index in [1.54, 1.807) is 0 Å². The summed E-state index contributed by atoms with van der Waals surface area (Å²) in [6.45, 7) is 2.88. The van der Waals surface area contributed by atoms with Crippen LogP contribution < -0.4 is 15.4 Å². The second-order valence-corrected chi connectivity index (χ2v) is 9.30. The Bertz CT molecular complexity index is 1350. The molecule has 1 saturated heterocycles. The monoisotopic (exact) mass is 555 g/mol. The molecular weight excluding hydrogens is 526 g/mol. The fourth-order valence-electron chi connectivity index (χ4n) is 4.39. The van der Waals surface area contributed by atoms with E-state index in [4.69, 9.17) is 14.4 Å². The number of phenolic OH excluding ortho intramolecular Hbond substituents is 2. The largest absolute Gasteiger partial charge is 0.508 e. The van der Waals surface area contributed by atoms with E-state index in [0.29, 0.717) is 6.54 Å². The summed E-state index contributed by atoms with van der Waals surface area (Å²) in [5.41, 5.74) is -0.0971. The zero-order valence-electron chi connectivity index (χ0n) is 21.4. The summed E-state index contributed by atoms with van der Waals surface area (Å²) in [6, 6.07) is 8.84. The molecule has 0 radical (unpaired) electrons. The molecule has 2 aromatic carbocycles. The van der Waals surface area contributed by atoms with Gasteiger partial charge in [-0.15, -0.1) is 0 Å². The molecule has 0 aliphatic carbocycles. The Labute approximate surface area is 228 Å². The molecule has 1 aromatic heterocycles. The molecule has 1 aliphatic heterocycles. The molecule has 212 valence electrons. The number of hydrogen-bond acceptors (Lipinski definition) is 10. The molecule has 40 heavy (non-hydrogen) atoms. The maximum absolute atomic E-state index is 12.8. The van der Waals surface area contributed by atoms with E-state index in [1.807, 2.05) is 0 Å². The molecule has 5 N–H and O–H groups in total. The number of hydrogen-bond donors (Lipinski definition) is 5. The lowest BCUT2D eigenvalue weighted by Gasteiger charge is -2.32. The number of likely N-dealkylation sites (tertiary alicyclic amines) is 1. The lowest BCUT2D eigenvalue weighted by Crippen LogP contribution is -2.45. The topological polar surface area (TPSA) is 201 Å². The van der Waals surface area contributed by atoms with Gasteiger partial charge in [0.25, 0.3) is 11.6 Å². The molecule has 14 nitrogen and oxygen atoms in total. The Morgan fingerprint density at radius 1 is 1.12 bits per heavy atom. The number of carboxylic acid groups (broad SMARTS) is 1. The van der Waals surface area contributed by atoms with Crippen LogP contribution in [0.1, 0.15) is 36.2 Å². The van der Waals surface area contributed by atoms with Gasteiger partial charge in [-0.05, 0) is 44.4 Å². The number of non-ortho nitro benzene ring substituents is 1. The van der Waals surface area contributed by atoms with Crippen LogP contribution in [0.25, 0.3) is 11.3 Å². The van der Waals surface area contributed by atoms with Crippen molar-refractivity contribution in [3.05, 3.63) is 58.3 Å². The first-order chi connectivity index (χ1) is 19.2. The molecule has 0 unspecified atom stereocenters. The van der Waals surface area contributed by atoms with Crippen LogP contribution in [0.2, 0.25) is 0 Å². The molecule has 14 heteroatoms. The Morgan fingerprint density at radius 3 is 2.52 bits per heavy atom. The normalized spacial score (nSPS) is 14.0. The van der Waals surface area contributed by atoms with Gasteiger partial charge in [-0.2, -0.15) is 0 Å². The SMILES string of the molecule is O=C(O)NCCCCN1CCC(NC(=O)c2cc(-c3c(O)cc(O)cc3Oc3ccc([N+](=O)[O-])cc3)on2)CC1. The first kappa shape index (κ1) is 28.2. The zero-order valence-corrected chi connectivity index (χ0v) is 21.4. The van der Waals surface area contributed by atoms with Crippen molar-refractivity contribution in [1.29, 1.82) is 0 Å². The molecule has 4 rings (SSSR count). The fraction of sp³-hybridized carbons (Fsp3) is 0.346. The predicted molar refractivity (Wildman–Crippen MR) is 141 cm³/mol. The summed E-state index contributed by atoms with van der Waals surface area (Å²) in [6.07, 6.45) is 2.10. The van der Waals surface area contributed by atoms with E-state index in [9.17, 15) is 29.9 Å². The van der Waals surface area contributed by atoms with E-state index in [0.717, 1.165) is 51.4 Å². The number of benzene rings is 2. The molecule has 3 aromatic rings. The van der Waals surface area contributed by atoms with Gasteiger partial charge >= 0.3 is 6.09 Å². The number of aromatic nitrogens is 1. The van der Waals surface area contributed by atoms with Gasteiger partial charge in [-0.3, -0.25) is 14.9 Å². The second kappa shape index (κ2) is 12.8. The van der Waals surface area contributed by atoms with Crippen molar-refractivity contribution in [3.8, 4) is 34.3 Å². The molecule has 1 fully saturated rings. The van der Waals surface area contributed by atoms with Gasteiger partial charge in [0, 0.05) is 56.0 Å². The Hall–Kier alpha value is -4.85. The van der Waals surface area contributed by atoms with E-state index in [2.05, 4.69) is 20.7 Å². The van der Waals surface area contributed by atoms with Crippen LogP contribution in [-0.2, 0) is 0 Å². The van der Waals surface area contributed by atoms with Crippen LogP contribution in [0.5, 0.6) is 23.0 Å². The first-order valence-corrected chi connectivity index (χ1v) is 12.6. The van der Waals surface area contributed by atoms with Gasteiger partial charge in [0.2, 0.25) is 0 Å². The Kier molecular flexibility index (Phi) is 9.01. The number of nitro benzene ring substituents is 1. The fourth-order valence-corrected chi connectivity index (χ4v) is 4.39. The number of phenols is 2. The maximum atomic E-state index is 12.8.